The number of amides is 2. The molecule has 1 aliphatic heterocycles. The van der Waals surface area contributed by atoms with Crippen molar-refractivity contribution in [3.63, 3.8) is 0 Å². The molecule has 10 nitrogen and oxygen atoms in total. The largest absolute Gasteiger partial charge is 0.340 e. The smallest absolute Gasteiger partial charge is 0.276 e. The Kier molecular flexibility index (Phi) is 6.17. The number of halogens is 5. The fourth-order valence-electron chi connectivity index (χ4n) is 7.35. The van der Waals surface area contributed by atoms with Crippen molar-refractivity contribution in [1.29, 1.82) is 0 Å². The molecule has 2 bridgehead atoms. The van der Waals surface area contributed by atoms with Crippen LogP contribution in [0.15, 0.2) is 16.8 Å². The molecule has 0 aromatic carbocycles. The molecule has 4 saturated carbocycles. The summed E-state index contributed by atoms with van der Waals surface area (Å²) in [6.45, 7) is 1.38. The predicted molar refractivity (Wildman–Crippen MR) is 139 cm³/mol. The van der Waals surface area contributed by atoms with Crippen LogP contribution in [0.3, 0.4) is 0 Å². The number of hydrogen-bond acceptors (Lipinski definition) is 7. The highest BCUT2D eigenvalue weighted by molar-refractivity contribution is 5.93. The molecule has 0 radical (unpaired) electrons. The number of carbonyl (C=O) groups is 2. The highest BCUT2D eigenvalue weighted by Gasteiger charge is 2.74. The summed E-state index contributed by atoms with van der Waals surface area (Å²) in [5.74, 6) is -6.86. The number of pyridine rings is 1. The van der Waals surface area contributed by atoms with E-state index in [9.17, 15) is 31.5 Å². The minimum Gasteiger partial charge on any atom is -0.340 e. The van der Waals surface area contributed by atoms with E-state index in [1.807, 2.05) is 0 Å². The van der Waals surface area contributed by atoms with Crippen molar-refractivity contribution in [3.05, 3.63) is 35.0 Å². The van der Waals surface area contributed by atoms with E-state index in [1.165, 1.54) is 4.90 Å². The SMILES string of the molecule is Cc1nonc1C(=O)N[C@H](c1nc2nc(C3CC(F)(F)CCN3C(=O)C34CC(F)(C3)C4)ccc2[nH]1)C1CCC(F)(F)CC1. The quantitative estimate of drug-likeness (QED) is 0.372. The number of imidazole rings is 1. The van der Waals surface area contributed by atoms with Gasteiger partial charge in [0.2, 0.25) is 11.8 Å². The molecule has 2 amide bonds. The third-order valence-electron chi connectivity index (χ3n) is 9.68. The van der Waals surface area contributed by atoms with Crippen molar-refractivity contribution in [2.75, 3.05) is 6.54 Å². The van der Waals surface area contributed by atoms with Crippen LogP contribution in [0, 0.1) is 18.3 Å². The molecule has 2 N–H and O–H groups in total. The average Bonchev–Trinajstić information content (AvgIpc) is 3.54. The van der Waals surface area contributed by atoms with Gasteiger partial charge in [-0.15, -0.1) is 0 Å². The third kappa shape index (κ3) is 4.84. The minimum atomic E-state index is -3.01. The first-order valence-corrected chi connectivity index (χ1v) is 14.5. The second-order valence-corrected chi connectivity index (χ2v) is 12.9. The van der Waals surface area contributed by atoms with Gasteiger partial charge in [0, 0.05) is 32.2 Å². The summed E-state index contributed by atoms with van der Waals surface area (Å²) < 4.78 is 76.1. The summed E-state index contributed by atoms with van der Waals surface area (Å²) in [5.41, 5.74) is -1.08. The van der Waals surface area contributed by atoms with Crippen molar-refractivity contribution >= 4 is 23.0 Å². The van der Waals surface area contributed by atoms with Gasteiger partial charge in [0.1, 0.15) is 17.2 Å². The van der Waals surface area contributed by atoms with Crippen molar-refractivity contribution in [2.45, 2.75) is 94.3 Å². The Bertz CT molecular complexity index is 1580. The molecule has 230 valence electrons. The predicted octanol–water partition coefficient (Wildman–Crippen LogP) is 5.14. The van der Waals surface area contributed by atoms with Crippen molar-refractivity contribution < 1.29 is 36.2 Å². The van der Waals surface area contributed by atoms with Crippen LogP contribution in [0.4, 0.5) is 22.0 Å². The number of H-pyrrole nitrogens is 1. The summed E-state index contributed by atoms with van der Waals surface area (Å²) in [4.78, 5) is 40.1. The number of rotatable bonds is 6. The van der Waals surface area contributed by atoms with Crippen LogP contribution in [0.2, 0.25) is 0 Å². The first-order chi connectivity index (χ1) is 20.3. The van der Waals surface area contributed by atoms with Gasteiger partial charge in [-0.05, 0) is 62.2 Å². The van der Waals surface area contributed by atoms with E-state index in [0.29, 0.717) is 5.52 Å². The van der Waals surface area contributed by atoms with Crippen LogP contribution in [0.5, 0.6) is 0 Å². The van der Waals surface area contributed by atoms with E-state index in [0.717, 1.165) is 0 Å². The monoisotopic (exact) mass is 607 g/mol. The molecule has 2 atom stereocenters. The zero-order valence-corrected chi connectivity index (χ0v) is 23.3. The van der Waals surface area contributed by atoms with Crippen molar-refractivity contribution in [2.24, 2.45) is 11.3 Å². The Morgan fingerprint density at radius 1 is 1.02 bits per heavy atom. The van der Waals surface area contributed by atoms with Crippen LogP contribution >= 0.6 is 0 Å². The summed E-state index contributed by atoms with van der Waals surface area (Å²) in [6, 6.07) is 1.32. The molecule has 43 heavy (non-hydrogen) atoms. The summed E-state index contributed by atoms with van der Waals surface area (Å²) >= 11 is 0. The Morgan fingerprint density at radius 2 is 1.74 bits per heavy atom. The molecule has 5 fully saturated rings. The van der Waals surface area contributed by atoms with Gasteiger partial charge in [-0.3, -0.25) is 9.59 Å². The van der Waals surface area contributed by atoms with Gasteiger partial charge in [0.25, 0.3) is 11.8 Å². The second kappa shape index (κ2) is 9.42. The van der Waals surface area contributed by atoms with Gasteiger partial charge < -0.3 is 15.2 Å². The minimum absolute atomic E-state index is 0.0481. The second-order valence-electron chi connectivity index (χ2n) is 12.9. The van der Waals surface area contributed by atoms with E-state index < -0.39 is 53.8 Å². The van der Waals surface area contributed by atoms with Crippen LogP contribution in [-0.2, 0) is 4.79 Å². The van der Waals surface area contributed by atoms with Crippen LogP contribution < -0.4 is 5.32 Å². The molecule has 8 rings (SSSR count). The van der Waals surface area contributed by atoms with Crippen LogP contribution in [-0.4, -0.2) is 66.0 Å². The van der Waals surface area contributed by atoms with Crippen LogP contribution in [0.25, 0.3) is 11.2 Å². The molecule has 5 aliphatic rings. The van der Waals surface area contributed by atoms with Gasteiger partial charge in [-0.2, -0.15) is 0 Å². The molecule has 15 heteroatoms. The molecule has 1 unspecified atom stereocenters. The Balaban J connectivity index is 1.19. The van der Waals surface area contributed by atoms with Crippen LogP contribution in [0.1, 0.15) is 97.6 Å². The lowest BCUT2D eigenvalue weighted by Gasteiger charge is -2.65. The van der Waals surface area contributed by atoms with E-state index in [1.54, 1.807) is 19.1 Å². The van der Waals surface area contributed by atoms with Crippen molar-refractivity contribution in [3.8, 4) is 0 Å². The Labute approximate surface area is 242 Å². The molecular weight excluding hydrogens is 577 g/mol. The molecular formula is C28H30F5N7O3. The van der Waals surface area contributed by atoms with E-state index >= 15 is 0 Å². The standard InChI is InChI=1S/C28H30F5N7O3/c1-14-19(39-43-38-14)23(41)36-20(15-4-6-27(30,31)7-5-15)22-35-17-3-2-16(34-21(17)37-22)18-10-28(32,33)8-9-40(18)24(42)25-11-26(29,12-25)13-25/h2-3,15,18,20H,4-13H2,1H3,(H,36,41)(H,34,35,37)/t18?,20-,25?,26?/m0/s1. The summed E-state index contributed by atoms with van der Waals surface area (Å²) in [7, 11) is 0. The fraction of sp³-hybridized carbons (Fsp3) is 0.643. The molecule has 4 aliphatic carbocycles. The lowest BCUT2D eigenvalue weighted by atomic mass is 9.41. The highest BCUT2D eigenvalue weighted by atomic mass is 19.3. The number of piperidine rings is 1. The molecule has 4 heterocycles. The number of aryl methyl sites for hydroxylation is 1. The Morgan fingerprint density at radius 3 is 2.40 bits per heavy atom. The maximum atomic E-state index is 14.6. The average molecular weight is 608 g/mol. The fourth-order valence-corrected chi connectivity index (χ4v) is 7.35. The van der Waals surface area contributed by atoms with E-state index in [2.05, 4.69) is 35.2 Å². The Hall–Kier alpha value is -3.65. The maximum absolute atomic E-state index is 14.6. The maximum Gasteiger partial charge on any atom is 0.276 e. The van der Waals surface area contributed by atoms with Gasteiger partial charge in [-0.25, -0.2) is 36.5 Å². The van der Waals surface area contributed by atoms with Crippen molar-refractivity contribution in [1.82, 2.24) is 35.5 Å². The van der Waals surface area contributed by atoms with E-state index in [-0.39, 0.29) is 91.9 Å². The zero-order valence-electron chi connectivity index (χ0n) is 23.3. The number of nitrogens with one attached hydrogen (secondary N) is 2. The molecule has 1 saturated heterocycles. The number of likely N-dealkylation sites (tertiary alicyclic amines) is 1. The number of nitrogens with zero attached hydrogens (tertiary/aromatic N) is 5. The number of fused-ring (bicyclic) bond motifs is 1. The first kappa shape index (κ1) is 28.1. The number of carbonyl (C=O) groups excluding carboxylic acids is 2. The normalized spacial score (nSPS) is 30.4. The topological polar surface area (TPSA) is 130 Å². The van der Waals surface area contributed by atoms with Gasteiger partial charge in [0.15, 0.2) is 11.3 Å². The number of alkyl halides is 5. The van der Waals surface area contributed by atoms with Gasteiger partial charge >= 0.3 is 0 Å². The van der Waals surface area contributed by atoms with Gasteiger partial charge in [-0.1, -0.05) is 5.16 Å². The molecule has 3 aromatic rings. The lowest BCUT2D eigenvalue weighted by Crippen LogP contribution is -2.71. The number of aromatic amines is 1. The molecule has 0 spiro atoms. The first-order valence-electron chi connectivity index (χ1n) is 14.5. The highest BCUT2D eigenvalue weighted by Crippen LogP contribution is 2.70. The number of hydrogen-bond donors (Lipinski definition) is 2. The number of aromatic nitrogens is 5. The molecule has 3 aromatic heterocycles. The lowest BCUT2D eigenvalue weighted by molar-refractivity contribution is -0.227. The van der Waals surface area contributed by atoms with Gasteiger partial charge in [0.05, 0.1) is 28.7 Å². The summed E-state index contributed by atoms with van der Waals surface area (Å²) in [6.07, 6.45) is -1.17. The van der Waals surface area contributed by atoms with E-state index in [4.69, 9.17) is 0 Å². The zero-order chi connectivity index (χ0) is 30.4. The third-order valence-corrected chi connectivity index (χ3v) is 9.68. The summed E-state index contributed by atoms with van der Waals surface area (Å²) in [5, 5.41) is 10.1.